The van der Waals surface area contributed by atoms with E-state index in [9.17, 15) is 8.42 Å². The number of fused-ring (bicyclic) bond motifs is 1. The SMILES string of the molecule is CC(C)(C)NS(=O)(=O)c1ccc2c(c1)ncn2CCN. The van der Waals surface area contributed by atoms with Crippen LogP contribution in [-0.2, 0) is 16.6 Å². The molecule has 0 saturated heterocycles. The Morgan fingerprint density at radius 3 is 2.65 bits per heavy atom. The van der Waals surface area contributed by atoms with E-state index < -0.39 is 15.6 Å². The molecule has 7 heteroatoms. The molecule has 3 N–H and O–H groups in total. The summed E-state index contributed by atoms with van der Waals surface area (Å²) in [6, 6.07) is 4.93. The molecule has 0 unspecified atom stereocenters. The zero-order valence-corrected chi connectivity index (χ0v) is 12.7. The van der Waals surface area contributed by atoms with E-state index in [0.29, 0.717) is 18.6 Å². The summed E-state index contributed by atoms with van der Waals surface area (Å²) in [5, 5.41) is 0. The van der Waals surface area contributed by atoms with Gasteiger partial charge < -0.3 is 10.3 Å². The Morgan fingerprint density at radius 1 is 1.35 bits per heavy atom. The molecule has 0 saturated carbocycles. The molecule has 0 amide bonds. The largest absolute Gasteiger partial charge is 0.329 e. The third-order valence-corrected chi connectivity index (χ3v) is 4.47. The summed E-state index contributed by atoms with van der Waals surface area (Å²) in [6.45, 7) is 6.58. The number of hydrogen-bond acceptors (Lipinski definition) is 4. The first-order valence-corrected chi connectivity index (χ1v) is 7.90. The fraction of sp³-hybridized carbons (Fsp3) is 0.462. The number of sulfonamides is 1. The molecule has 0 aliphatic rings. The molecule has 0 fully saturated rings. The van der Waals surface area contributed by atoms with Crippen molar-refractivity contribution in [2.75, 3.05) is 6.54 Å². The van der Waals surface area contributed by atoms with Gasteiger partial charge >= 0.3 is 0 Å². The number of nitrogens with one attached hydrogen (secondary N) is 1. The maximum Gasteiger partial charge on any atom is 0.241 e. The molecule has 1 heterocycles. The molecule has 1 aromatic heterocycles. The van der Waals surface area contributed by atoms with Crippen LogP contribution >= 0.6 is 0 Å². The van der Waals surface area contributed by atoms with Crippen molar-refractivity contribution in [3.63, 3.8) is 0 Å². The average Bonchev–Trinajstić information content (AvgIpc) is 2.69. The number of rotatable bonds is 4. The Kier molecular flexibility index (Phi) is 3.86. The molecule has 0 bridgehead atoms. The van der Waals surface area contributed by atoms with Crippen molar-refractivity contribution in [1.82, 2.24) is 14.3 Å². The van der Waals surface area contributed by atoms with Gasteiger partial charge in [-0.2, -0.15) is 0 Å². The average molecular weight is 296 g/mol. The molecule has 0 radical (unpaired) electrons. The molecular weight excluding hydrogens is 276 g/mol. The van der Waals surface area contributed by atoms with E-state index in [1.54, 1.807) is 45.3 Å². The lowest BCUT2D eigenvalue weighted by atomic mass is 10.1. The normalized spacial score (nSPS) is 13.0. The fourth-order valence-electron chi connectivity index (χ4n) is 1.99. The topological polar surface area (TPSA) is 90.0 Å². The van der Waals surface area contributed by atoms with Crippen LogP contribution in [0.3, 0.4) is 0 Å². The molecular formula is C13H20N4O2S. The van der Waals surface area contributed by atoms with Crippen molar-refractivity contribution in [3.8, 4) is 0 Å². The first kappa shape index (κ1) is 15.0. The van der Waals surface area contributed by atoms with E-state index in [0.717, 1.165) is 5.52 Å². The summed E-state index contributed by atoms with van der Waals surface area (Å²) in [4.78, 5) is 4.44. The van der Waals surface area contributed by atoms with E-state index in [-0.39, 0.29) is 4.90 Å². The van der Waals surface area contributed by atoms with Crippen molar-refractivity contribution in [1.29, 1.82) is 0 Å². The number of benzene rings is 1. The number of nitrogens with zero attached hydrogens (tertiary/aromatic N) is 2. The molecule has 2 rings (SSSR count). The Morgan fingerprint density at radius 2 is 2.05 bits per heavy atom. The Hall–Kier alpha value is -1.44. The lowest BCUT2D eigenvalue weighted by Gasteiger charge is -2.20. The highest BCUT2D eigenvalue weighted by atomic mass is 32.2. The maximum absolute atomic E-state index is 12.3. The first-order chi connectivity index (χ1) is 9.23. The lowest BCUT2D eigenvalue weighted by Crippen LogP contribution is -2.40. The van der Waals surface area contributed by atoms with Gasteiger partial charge in [0.15, 0.2) is 0 Å². The van der Waals surface area contributed by atoms with Gasteiger partial charge in [-0.1, -0.05) is 0 Å². The first-order valence-electron chi connectivity index (χ1n) is 6.42. The van der Waals surface area contributed by atoms with Crippen LogP contribution in [0, 0.1) is 0 Å². The Bertz CT molecular complexity index is 714. The van der Waals surface area contributed by atoms with Gasteiger partial charge in [0.1, 0.15) is 0 Å². The van der Waals surface area contributed by atoms with E-state index in [1.165, 1.54) is 0 Å². The standard InChI is InChI=1S/C13H20N4O2S/c1-13(2,3)16-20(18,19)10-4-5-12-11(8-10)15-9-17(12)7-6-14/h4-5,8-9,16H,6-7,14H2,1-3H3. The summed E-state index contributed by atoms with van der Waals surface area (Å²) in [5.41, 5.74) is 6.53. The van der Waals surface area contributed by atoms with Gasteiger partial charge in [-0.3, -0.25) is 0 Å². The van der Waals surface area contributed by atoms with Crippen LogP contribution in [0.2, 0.25) is 0 Å². The third kappa shape index (κ3) is 3.17. The smallest absolute Gasteiger partial charge is 0.241 e. The van der Waals surface area contributed by atoms with Crippen molar-refractivity contribution < 1.29 is 8.42 Å². The van der Waals surface area contributed by atoms with Crippen LogP contribution in [0.1, 0.15) is 20.8 Å². The molecule has 0 atom stereocenters. The van der Waals surface area contributed by atoms with E-state index in [2.05, 4.69) is 9.71 Å². The zero-order valence-electron chi connectivity index (χ0n) is 11.9. The number of aromatic nitrogens is 2. The van der Waals surface area contributed by atoms with Gasteiger partial charge in [-0.25, -0.2) is 18.1 Å². The minimum atomic E-state index is -3.54. The summed E-state index contributed by atoms with van der Waals surface area (Å²) < 4.78 is 29.0. The molecule has 2 aromatic rings. The van der Waals surface area contributed by atoms with Crippen LogP contribution in [0.5, 0.6) is 0 Å². The molecule has 0 aliphatic heterocycles. The van der Waals surface area contributed by atoms with Crippen molar-refractivity contribution in [2.24, 2.45) is 5.73 Å². The summed E-state index contributed by atoms with van der Waals surface area (Å²) in [6.07, 6.45) is 1.67. The van der Waals surface area contributed by atoms with Gasteiger partial charge in [0.25, 0.3) is 0 Å². The molecule has 1 aromatic carbocycles. The number of nitrogens with two attached hydrogens (primary N) is 1. The summed E-state index contributed by atoms with van der Waals surface area (Å²) >= 11 is 0. The summed E-state index contributed by atoms with van der Waals surface area (Å²) in [5.74, 6) is 0. The van der Waals surface area contributed by atoms with E-state index in [1.807, 2.05) is 4.57 Å². The van der Waals surface area contributed by atoms with Crippen LogP contribution in [-0.4, -0.2) is 30.1 Å². The van der Waals surface area contributed by atoms with Crippen LogP contribution in [0.15, 0.2) is 29.4 Å². The second-order valence-corrected chi connectivity index (χ2v) is 7.42. The summed E-state index contributed by atoms with van der Waals surface area (Å²) in [7, 11) is -3.54. The van der Waals surface area contributed by atoms with E-state index >= 15 is 0 Å². The lowest BCUT2D eigenvalue weighted by molar-refractivity contribution is 0.491. The van der Waals surface area contributed by atoms with Crippen LogP contribution < -0.4 is 10.5 Å². The highest BCUT2D eigenvalue weighted by Gasteiger charge is 2.22. The van der Waals surface area contributed by atoms with E-state index in [4.69, 9.17) is 5.73 Å². The fourth-order valence-corrected chi connectivity index (χ4v) is 3.43. The minimum Gasteiger partial charge on any atom is -0.329 e. The predicted octanol–water partition coefficient (Wildman–Crippen LogP) is 1.07. The molecule has 6 nitrogen and oxygen atoms in total. The zero-order chi connectivity index (χ0) is 15.0. The van der Waals surface area contributed by atoms with Gasteiger partial charge in [0.2, 0.25) is 10.0 Å². The highest BCUT2D eigenvalue weighted by molar-refractivity contribution is 7.89. The third-order valence-electron chi connectivity index (χ3n) is 2.71. The van der Waals surface area contributed by atoms with Crippen molar-refractivity contribution in [3.05, 3.63) is 24.5 Å². The monoisotopic (exact) mass is 296 g/mol. The van der Waals surface area contributed by atoms with Crippen molar-refractivity contribution >= 4 is 21.1 Å². The second kappa shape index (κ2) is 5.16. The maximum atomic E-state index is 12.3. The van der Waals surface area contributed by atoms with Gasteiger partial charge in [-0.15, -0.1) is 0 Å². The molecule has 20 heavy (non-hydrogen) atoms. The predicted molar refractivity (Wildman–Crippen MR) is 78.9 cm³/mol. The number of imidazole rings is 1. The Balaban J connectivity index is 2.42. The van der Waals surface area contributed by atoms with Crippen LogP contribution in [0.25, 0.3) is 11.0 Å². The quantitative estimate of drug-likeness (QED) is 0.883. The van der Waals surface area contributed by atoms with Gasteiger partial charge in [-0.05, 0) is 39.0 Å². The van der Waals surface area contributed by atoms with Crippen molar-refractivity contribution in [2.45, 2.75) is 37.8 Å². The van der Waals surface area contributed by atoms with Gasteiger partial charge in [0, 0.05) is 18.6 Å². The number of hydrogen-bond donors (Lipinski definition) is 2. The van der Waals surface area contributed by atoms with Crippen LogP contribution in [0.4, 0.5) is 0 Å². The Labute approximate surface area is 119 Å². The second-order valence-electron chi connectivity index (χ2n) is 5.73. The molecule has 110 valence electrons. The minimum absolute atomic E-state index is 0.220. The highest BCUT2D eigenvalue weighted by Crippen LogP contribution is 2.19. The molecule has 0 spiro atoms. The molecule has 0 aliphatic carbocycles. The van der Waals surface area contributed by atoms with Gasteiger partial charge in [0.05, 0.1) is 22.3 Å².